The number of nitrogens with zero attached hydrogens (tertiary/aromatic N) is 4. The Hall–Kier alpha value is -2.44. The summed E-state index contributed by atoms with van der Waals surface area (Å²) in [5.41, 5.74) is -0.390. The molecule has 1 atom stereocenters. The molecule has 2 heterocycles. The molecule has 0 N–H and O–H groups in total. The molecule has 118 valence electrons. The zero-order valence-electron chi connectivity index (χ0n) is 13.4. The molecule has 2 aromatic rings. The van der Waals surface area contributed by atoms with Crippen LogP contribution in [0.4, 0.5) is 0 Å². The Kier molecular flexibility index (Phi) is 4.44. The fourth-order valence-electron chi connectivity index (χ4n) is 2.17. The van der Waals surface area contributed by atoms with Gasteiger partial charge in [-0.1, -0.05) is 20.8 Å². The maximum Gasteiger partial charge on any atom is 0.243 e. The molecule has 0 amide bonds. The van der Waals surface area contributed by atoms with E-state index in [-0.39, 0.29) is 5.91 Å². The summed E-state index contributed by atoms with van der Waals surface area (Å²) in [7, 11) is 3.02. The van der Waals surface area contributed by atoms with Crippen molar-refractivity contribution in [2.24, 2.45) is 5.41 Å². The van der Waals surface area contributed by atoms with Gasteiger partial charge in [0, 0.05) is 12.4 Å². The standard InChI is InChI=1S/C15H20N4O3/c1-15(2,3)12(14(20)19-7-6-16-9-19)13-17-10(21-4)8-11(18-13)22-5/h6-9,12H,1-5H3. The van der Waals surface area contributed by atoms with Crippen LogP contribution in [0.15, 0.2) is 24.8 Å². The van der Waals surface area contributed by atoms with Crippen LogP contribution < -0.4 is 9.47 Å². The molecule has 0 radical (unpaired) electrons. The molecule has 0 bridgehead atoms. The lowest BCUT2D eigenvalue weighted by atomic mass is 9.79. The Morgan fingerprint density at radius 3 is 2.18 bits per heavy atom. The third-order valence-electron chi connectivity index (χ3n) is 3.24. The van der Waals surface area contributed by atoms with Gasteiger partial charge in [0.2, 0.25) is 17.7 Å². The molecule has 0 aliphatic carbocycles. The lowest BCUT2D eigenvalue weighted by molar-refractivity contribution is 0.0802. The molecule has 0 aliphatic heterocycles. The SMILES string of the molecule is COc1cc(OC)nc(C(C(=O)n2ccnc2)C(C)(C)C)n1. The first kappa shape index (κ1) is 15.9. The number of imidazole rings is 1. The van der Waals surface area contributed by atoms with Crippen LogP contribution in [0.3, 0.4) is 0 Å². The quantitative estimate of drug-likeness (QED) is 0.861. The second-order valence-corrected chi connectivity index (χ2v) is 5.92. The third kappa shape index (κ3) is 3.24. The van der Waals surface area contributed by atoms with Crippen molar-refractivity contribution < 1.29 is 14.3 Å². The summed E-state index contributed by atoms with van der Waals surface area (Å²) in [6, 6.07) is 1.57. The number of hydrogen-bond acceptors (Lipinski definition) is 6. The summed E-state index contributed by atoms with van der Waals surface area (Å²) in [6.45, 7) is 5.88. The van der Waals surface area contributed by atoms with Crippen LogP contribution in [-0.2, 0) is 0 Å². The summed E-state index contributed by atoms with van der Waals surface area (Å²) in [6.07, 6.45) is 4.64. The van der Waals surface area contributed by atoms with Crippen LogP contribution in [-0.4, -0.2) is 39.6 Å². The molecule has 0 aliphatic rings. The minimum absolute atomic E-state index is 0.152. The average molecular weight is 304 g/mol. The van der Waals surface area contributed by atoms with Crippen LogP contribution in [0.25, 0.3) is 0 Å². The summed E-state index contributed by atoms with van der Waals surface area (Å²) < 4.78 is 11.8. The van der Waals surface area contributed by atoms with Gasteiger partial charge in [-0.15, -0.1) is 0 Å². The number of carbonyl (C=O) groups is 1. The van der Waals surface area contributed by atoms with Crippen molar-refractivity contribution in [2.75, 3.05) is 14.2 Å². The van der Waals surface area contributed by atoms with Crippen LogP contribution in [0.1, 0.15) is 37.3 Å². The predicted octanol–water partition coefficient (Wildman–Crippen LogP) is 2.16. The highest BCUT2D eigenvalue weighted by molar-refractivity contribution is 5.85. The van der Waals surface area contributed by atoms with Crippen molar-refractivity contribution in [1.29, 1.82) is 0 Å². The number of hydrogen-bond donors (Lipinski definition) is 0. The highest BCUT2D eigenvalue weighted by atomic mass is 16.5. The number of methoxy groups -OCH3 is 2. The number of ether oxygens (including phenoxy) is 2. The van der Waals surface area contributed by atoms with Crippen molar-refractivity contribution >= 4 is 5.91 Å². The molecule has 7 nitrogen and oxygen atoms in total. The Bertz CT molecular complexity index is 625. The van der Waals surface area contributed by atoms with E-state index in [1.54, 1.807) is 18.5 Å². The topological polar surface area (TPSA) is 79.1 Å². The zero-order valence-corrected chi connectivity index (χ0v) is 13.4. The van der Waals surface area contributed by atoms with E-state index >= 15 is 0 Å². The monoisotopic (exact) mass is 304 g/mol. The minimum atomic E-state index is -0.564. The third-order valence-corrected chi connectivity index (χ3v) is 3.24. The smallest absolute Gasteiger partial charge is 0.243 e. The molecule has 1 unspecified atom stereocenters. The zero-order chi connectivity index (χ0) is 16.3. The van der Waals surface area contributed by atoms with Crippen LogP contribution in [0.5, 0.6) is 11.8 Å². The molecule has 0 saturated heterocycles. The molecular weight excluding hydrogens is 284 g/mol. The molecular formula is C15H20N4O3. The predicted molar refractivity (Wildman–Crippen MR) is 80.2 cm³/mol. The van der Waals surface area contributed by atoms with Gasteiger partial charge in [0.1, 0.15) is 18.1 Å². The van der Waals surface area contributed by atoms with E-state index in [1.165, 1.54) is 25.1 Å². The Morgan fingerprint density at radius 1 is 1.18 bits per heavy atom. The molecule has 0 aromatic carbocycles. The molecule has 2 rings (SSSR count). The second-order valence-electron chi connectivity index (χ2n) is 5.92. The fraction of sp³-hybridized carbons (Fsp3) is 0.467. The number of rotatable bonds is 4. The second kappa shape index (κ2) is 6.13. The van der Waals surface area contributed by atoms with Crippen molar-refractivity contribution in [2.45, 2.75) is 26.7 Å². The van der Waals surface area contributed by atoms with Gasteiger partial charge in [-0.25, -0.2) is 4.98 Å². The lowest BCUT2D eigenvalue weighted by Gasteiger charge is -2.28. The summed E-state index contributed by atoms with van der Waals surface area (Å²) in [5.74, 6) is 0.359. The van der Waals surface area contributed by atoms with E-state index in [1.807, 2.05) is 20.8 Å². The van der Waals surface area contributed by atoms with Crippen molar-refractivity contribution in [3.05, 3.63) is 30.6 Å². The summed E-state index contributed by atoms with van der Waals surface area (Å²) in [4.78, 5) is 25.4. The van der Waals surface area contributed by atoms with Gasteiger partial charge < -0.3 is 9.47 Å². The number of aromatic nitrogens is 4. The minimum Gasteiger partial charge on any atom is -0.481 e. The Morgan fingerprint density at radius 2 is 1.77 bits per heavy atom. The van der Waals surface area contributed by atoms with E-state index in [0.717, 1.165) is 0 Å². The summed E-state index contributed by atoms with van der Waals surface area (Å²) >= 11 is 0. The molecule has 2 aromatic heterocycles. The first-order valence-electron chi connectivity index (χ1n) is 6.86. The van der Waals surface area contributed by atoms with E-state index in [4.69, 9.17) is 9.47 Å². The van der Waals surface area contributed by atoms with Gasteiger partial charge in [-0.2, -0.15) is 9.97 Å². The van der Waals surface area contributed by atoms with Gasteiger partial charge in [0.25, 0.3) is 0 Å². The first-order valence-corrected chi connectivity index (χ1v) is 6.86. The fourth-order valence-corrected chi connectivity index (χ4v) is 2.17. The Labute approximate surface area is 129 Å². The molecule has 22 heavy (non-hydrogen) atoms. The van der Waals surface area contributed by atoms with Gasteiger partial charge >= 0.3 is 0 Å². The van der Waals surface area contributed by atoms with E-state index in [2.05, 4.69) is 15.0 Å². The molecule has 0 fully saturated rings. The molecule has 0 spiro atoms. The lowest BCUT2D eigenvalue weighted by Crippen LogP contribution is -2.31. The van der Waals surface area contributed by atoms with E-state index in [0.29, 0.717) is 17.6 Å². The van der Waals surface area contributed by atoms with Gasteiger partial charge in [0.05, 0.1) is 20.3 Å². The van der Waals surface area contributed by atoms with Gasteiger partial charge in [-0.05, 0) is 5.41 Å². The van der Waals surface area contributed by atoms with E-state index in [9.17, 15) is 4.79 Å². The van der Waals surface area contributed by atoms with Crippen LogP contribution in [0.2, 0.25) is 0 Å². The molecule has 7 heteroatoms. The van der Waals surface area contributed by atoms with Crippen molar-refractivity contribution in [3.8, 4) is 11.8 Å². The summed E-state index contributed by atoms with van der Waals surface area (Å²) in [5, 5.41) is 0. The largest absolute Gasteiger partial charge is 0.481 e. The average Bonchev–Trinajstić information content (AvgIpc) is 2.99. The van der Waals surface area contributed by atoms with E-state index < -0.39 is 11.3 Å². The number of carbonyl (C=O) groups excluding carboxylic acids is 1. The van der Waals surface area contributed by atoms with Crippen LogP contribution in [0, 0.1) is 5.41 Å². The van der Waals surface area contributed by atoms with Crippen molar-refractivity contribution in [3.63, 3.8) is 0 Å². The maximum absolute atomic E-state index is 12.8. The maximum atomic E-state index is 12.8. The van der Waals surface area contributed by atoms with Crippen LogP contribution >= 0.6 is 0 Å². The molecule has 0 saturated carbocycles. The highest BCUT2D eigenvalue weighted by Crippen LogP contribution is 2.36. The normalized spacial score (nSPS) is 12.8. The van der Waals surface area contributed by atoms with Gasteiger partial charge in [0.15, 0.2) is 0 Å². The Balaban J connectivity index is 2.53. The van der Waals surface area contributed by atoms with Crippen molar-refractivity contribution in [1.82, 2.24) is 19.5 Å². The van der Waals surface area contributed by atoms with Gasteiger partial charge in [-0.3, -0.25) is 9.36 Å². The first-order chi connectivity index (χ1) is 10.4. The highest BCUT2D eigenvalue weighted by Gasteiger charge is 2.36.